The number of pyridine rings is 2. The van der Waals surface area contributed by atoms with Gasteiger partial charge in [0.05, 0.1) is 16.8 Å². The highest BCUT2D eigenvalue weighted by atomic mass is 19.4. The monoisotopic (exact) mass is 412 g/mol. The van der Waals surface area contributed by atoms with Gasteiger partial charge < -0.3 is 0 Å². The van der Waals surface area contributed by atoms with E-state index in [1.54, 1.807) is 18.2 Å². The zero-order chi connectivity index (χ0) is 21.3. The van der Waals surface area contributed by atoms with Gasteiger partial charge in [-0.25, -0.2) is 14.8 Å². The first-order valence-electron chi connectivity index (χ1n) is 9.04. The van der Waals surface area contributed by atoms with Gasteiger partial charge in [0.25, 0.3) is 0 Å². The lowest BCUT2D eigenvalue weighted by Gasteiger charge is -2.28. The Kier molecular flexibility index (Phi) is 4.94. The second-order valence-corrected chi connectivity index (χ2v) is 6.62. The molecule has 6 nitrogen and oxygen atoms in total. The SMILES string of the molecule is O=C1CCN(C(=O)Nc2ccccn2)c2nc(-c3cccc(C(F)(F)F)c3)ccc21. The molecule has 0 bridgehead atoms. The van der Waals surface area contributed by atoms with Crippen LogP contribution < -0.4 is 10.2 Å². The molecule has 0 aliphatic carbocycles. The van der Waals surface area contributed by atoms with E-state index in [0.29, 0.717) is 5.82 Å². The molecule has 0 fully saturated rings. The minimum atomic E-state index is -4.49. The third-order valence-corrected chi connectivity index (χ3v) is 4.62. The first-order valence-corrected chi connectivity index (χ1v) is 9.04. The zero-order valence-corrected chi connectivity index (χ0v) is 15.5. The number of hydrogen-bond acceptors (Lipinski definition) is 4. The molecule has 2 aromatic heterocycles. The number of anilines is 2. The summed E-state index contributed by atoms with van der Waals surface area (Å²) in [5.74, 6) is 0.250. The van der Waals surface area contributed by atoms with Crippen LogP contribution in [-0.4, -0.2) is 28.3 Å². The Morgan fingerprint density at radius 3 is 2.63 bits per heavy atom. The van der Waals surface area contributed by atoms with Crippen LogP contribution in [0.5, 0.6) is 0 Å². The zero-order valence-electron chi connectivity index (χ0n) is 15.5. The molecule has 0 saturated heterocycles. The number of nitrogens with one attached hydrogen (secondary N) is 1. The summed E-state index contributed by atoms with van der Waals surface area (Å²) in [6, 6.07) is 12.2. The summed E-state index contributed by atoms with van der Waals surface area (Å²) in [5.41, 5.74) is -0.102. The van der Waals surface area contributed by atoms with Crippen molar-refractivity contribution < 1.29 is 22.8 Å². The average molecular weight is 412 g/mol. The molecule has 152 valence electrons. The van der Waals surface area contributed by atoms with Gasteiger partial charge in [-0.2, -0.15) is 13.2 Å². The number of fused-ring (bicyclic) bond motifs is 1. The Morgan fingerprint density at radius 1 is 1.07 bits per heavy atom. The topological polar surface area (TPSA) is 75.2 Å². The van der Waals surface area contributed by atoms with Gasteiger partial charge in [0.1, 0.15) is 11.6 Å². The molecule has 30 heavy (non-hydrogen) atoms. The highest BCUT2D eigenvalue weighted by Gasteiger charge is 2.32. The standard InChI is InChI=1S/C21H15F3N4O2/c22-21(23,24)14-5-3-4-13(12-14)16-8-7-15-17(29)9-11-28(19(15)26-16)20(30)27-18-6-1-2-10-25-18/h1-8,10,12H,9,11H2,(H,25,27,30). The highest BCUT2D eigenvalue weighted by Crippen LogP contribution is 2.33. The van der Waals surface area contributed by atoms with E-state index in [-0.39, 0.29) is 41.4 Å². The molecule has 1 aromatic carbocycles. The molecule has 0 radical (unpaired) electrons. The number of Topliss-reactive ketones (excluding diaryl/α,β-unsaturated/α-hetero) is 1. The van der Waals surface area contributed by atoms with E-state index in [1.807, 2.05) is 0 Å². The number of ketones is 1. The molecule has 0 spiro atoms. The smallest absolute Gasteiger partial charge is 0.294 e. The van der Waals surface area contributed by atoms with Crippen LogP contribution in [0.1, 0.15) is 22.3 Å². The number of halogens is 3. The van der Waals surface area contributed by atoms with E-state index in [2.05, 4.69) is 15.3 Å². The third-order valence-electron chi connectivity index (χ3n) is 4.62. The number of urea groups is 1. The molecule has 1 aliphatic heterocycles. The minimum Gasteiger partial charge on any atom is -0.294 e. The van der Waals surface area contributed by atoms with Crippen LogP contribution in [0.3, 0.4) is 0 Å². The van der Waals surface area contributed by atoms with Gasteiger partial charge >= 0.3 is 12.2 Å². The van der Waals surface area contributed by atoms with Crippen LogP contribution in [0.2, 0.25) is 0 Å². The molecule has 0 saturated carbocycles. The van der Waals surface area contributed by atoms with Gasteiger partial charge in [0.2, 0.25) is 0 Å². The molecule has 2 amide bonds. The number of carbonyl (C=O) groups excluding carboxylic acids is 2. The summed E-state index contributed by atoms with van der Waals surface area (Å²) >= 11 is 0. The lowest BCUT2D eigenvalue weighted by molar-refractivity contribution is -0.137. The first-order chi connectivity index (χ1) is 14.3. The number of nitrogens with zero attached hydrogens (tertiary/aromatic N) is 3. The van der Waals surface area contributed by atoms with Crippen LogP contribution in [-0.2, 0) is 6.18 Å². The fourth-order valence-corrected chi connectivity index (χ4v) is 3.15. The number of hydrogen-bond donors (Lipinski definition) is 1. The molecular weight excluding hydrogens is 397 g/mol. The third kappa shape index (κ3) is 3.86. The summed E-state index contributed by atoms with van der Waals surface area (Å²) in [6.45, 7) is 0.101. The van der Waals surface area contributed by atoms with Crippen molar-refractivity contribution in [2.24, 2.45) is 0 Å². The van der Waals surface area contributed by atoms with Crippen molar-refractivity contribution in [3.05, 3.63) is 71.9 Å². The maximum atomic E-state index is 13.1. The molecule has 0 atom stereocenters. The summed E-state index contributed by atoms with van der Waals surface area (Å²) < 4.78 is 39.2. The van der Waals surface area contributed by atoms with Crippen molar-refractivity contribution in [2.75, 3.05) is 16.8 Å². The predicted molar refractivity (Wildman–Crippen MR) is 104 cm³/mol. The van der Waals surface area contributed by atoms with Crippen molar-refractivity contribution >= 4 is 23.5 Å². The quantitative estimate of drug-likeness (QED) is 0.657. The number of carbonyl (C=O) groups is 2. The summed E-state index contributed by atoms with van der Waals surface area (Å²) in [5, 5.41) is 2.63. The molecule has 1 N–H and O–H groups in total. The van der Waals surface area contributed by atoms with Crippen LogP contribution >= 0.6 is 0 Å². The summed E-state index contributed by atoms with van der Waals surface area (Å²) in [6.07, 6.45) is -2.85. The van der Waals surface area contributed by atoms with Gasteiger partial charge in [0.15, 0.2) is 5.78 Å². The van der Waals surface area contributed by atoms with Crippen molar-refractivity contribution in [3.63, 3.8) is 0 Å². The van der Waals surface area contributed by atoms with Crippen molar-refractivity contribution in [2.45, 2.75) is 12.6 Å². The summed E-state index contributed by atoms with van der Waals surface area (Å²) in [7, 11) is 0. The second kappa shape index (κ2) is 7.58. The molecule has 0 unspecified atom stereocenters. The molecular formula is C21H15F3N4O2. The number of benzene rings is 1. The maximum Gasteiger partial charge on any atom is 0.416 e. The lowest BCUT2D eigenvalue weighted by atomic mass is 10.0. The fourth-order valence-electron chi connectivity index (χ4n) is 3.15. The van der Waals surface area contributed by atoms with Gasteiger partial charge in [0, 0.05) is 24.7 Å². The van der Waals surface area contributed by atoms with Crippen LogP contribution in [0.25, 0.3) is 11.3 Å². The summed E-state index contributed by atoms with van der Waals surface area (Å²) in [4.78, 5) is 34.7. The van der Waals surface area contributed by atoms with E-state index >= 15 is 0 Å². The Balaban J connectivity index is 1.71. The van der Waals surface area contributed by atoms with Crippen LogP contribution in [0.4, 0.5) is 29.6 Å². The lowest BCUT2D eigenvalue weighted by Crippen LogP contribution is -2.41. The average Bonchev–Trinajstić information content (AvgIpc) is 2.74. The highest BCUT2D eigenvalue weighted by molar-refractivity contribution is 6.10. The largest absolute Gasteiger partial charge is 0.416 e. The second-order valence-electron chi connectivity index (χ2n) is 6.62. The maximum absolute atomic E-state index is 13.1. The van der Waals surface area contributed by atoms with Gasteiger partial charge in [-0.3, -0.25) is 15.0 Å². The van der Waals surface area contributed by atoms with Crippen molar-refractivity contribution in [1.29, 1.82) is 0 Å². The molecule has 1 aliphatic rings. The molecule has 3 heterocycles. The Labute approximate surface area is 169 Å². The number of aromatic nitrogens is 2. The van der Waals surface area contributed by atoms with Crippen molar-refractivity contribution in [3.8, 4) is 11.3 Å². The van der Waals surface area contributed by atoms with E-state index in [4.69, 9.17) is 0 Å². The Morgan fingerprint density at radius 2 is 1.90 bits per heavy atom. The Hall–Kier alpha value is -3.75. The number of amides is 2. The molecule has 9 heteroatoms. The van der Waals surface area contributed by atoms with Crippen LogP contribution in [0.15, 0.2) is 60.8 Å². The van der Waals surface area contributed by atoms with Gasteiger partial charge in [-0.15, -0.1) is 0 Å². The molecule has 3 aromatic rings. The van der Waals surface area contributed by atoms with Crippen molar-refractivity contribution in [1.82, 2.24) is 9.97 Å². The predicted octanol–water partition coefficient (Wildman–Crippen LogP) is 4.79. The van der Waals surface area contributed by atoms with E-state index in [1.165, 1.54) is 35.4 Å². The van der Waals surface area contributed by atoms with E-state index in [0.717, 1.165) is 12.1 Å². The normalized spacial score (nSPS) is 13.7. The number of alkyl halides is 3. The van der Waals surface area contributed by atoms with Gasteiger partial charge in [-0.1, -0.05) is 18.2 Å². The minimum absolute atomic E-state index is 0.101. The first kappa shape index (κ1) is 19.6. The van der Waals surface area contributed by atoms with Crippen LogP contribution in [0, 0.1) is 0 Å². The molecule has 4 rings (SSSR count). The van der Waals surface area contributed by atoms with Gasteiger partial charge in [-0.05, 0) is 36.4 Å². The van der Waals surface area contributed by atoms with E-state index in [9.17, 15) is 22.8 Å². The fraction of sp³-hybridized carbons (Fsp3) is 0.143. The number of rotatable bonds is 2. The Bertz CT molecular complexity index is 1120. The van der Waals surface area contributed by atoms with E-state index < -0.39 is 17.8 Å².